The lowest BCUT2D eigenvalue weighted by molar-refractivity contribution is -0.127. The van der Waals surface area contributed by atoms with Crippen molar-refractivity contribution in [3.05, 3.63) is 65.2 Å². The summed E-state index contributed by atoms with van der Waals surface area (Å²) >= 11 is 0. The summed E-state index contributed by atoms with van der Waals surface area (Å²) in [5, 5.41) is 12.0. The Balaban J connectivity index is 1.58. The molecule has 0 saturated carbocycles. The predicted octanol–water partition coefficient (Wildman–Crippen LogP) is 1.80. The van der Waals surface area contributed by atoms with Gasteiger partial charge in [-0.05, 0) is 22.8 Å². The number of aliphatic hydroxyl groups is 1. The molecule has 2 aromatic rings. The molecule has 1 unspecified atom stereocenters. The zero-order valence-electron chi connectivity index (χ0n) is 11.6. The molecule has 0 saturated heterocycles. The van der Waals surface area contributed by atoms with Gasteiger partial charge >= 0.3 is 0 Å². The van der Waals surface area contributed by atoms with Crippen molar-refractivity contribution < 1.29 is 14.6 Å². The van der Waals surface area contributed by atoms with Gasteiger partial charge in [0.2, 0.25) is 0 Å². The number of carbonyl (C=O) groups is 1. The van der Waals surface area contributed by atoms with Crippen LogP contribution in [0.3, 0.4) is 0 Å². The molecule has 3 rings (SSSR count). The van der Waals surface area contributed by atoms with Crippen LogP contribution in [0.15, 0.2) is 48.5 Å². The summed E-state index contributed by atoms with van der Waals surface area (Å²) in [5.41, 5.74) is 2.87. The highest BCUT2D eigenvalue weighted by molar-refractivity contribution is 5.82. The highest BCUT2D eigenvalue weighted by atomic mass is 16.5. The Hall–Kier alpha value is -2.33. The topological polar surface area (TPSA) is 58.6 Å². The molecule has 1 amide bonds. The molecule has 0 bridgehead atoms. The number of hydrogen-bond acceptors (Lipinski definition) is 3. The average Bonchev–Trinajstić information content (AvgIpc) is 2.97. The van der Waals surface area contributed by atoms with Crippen molar-refractivity contribution >= 4 is 5.91 Å². The van der Waals surface area contributed by atoms with Crippen molar-refractivity contribution in [2.45, 2.75) is 25.7 Å². The first-order valence-corrected chi connectivity index (χ1v) is 6.97. The average molecular weight is 283 g/mol. The Bertz CT molecular complexity index is 629. The highest BCUT2D eigenvalue weighted by Crippen LogP contribution is 2.28. The molecule has 1 atom stereocenters. The molecule has 1 heterocycles. The quantitative estimate of drug-likeness (QED) is 0.899. The van der Waals surface area contributed by atoms with Gasteiger partial charge in [-0.2, -0.15) is 0 Å². The molecule has 4 nitrogen and oxygen atoms in total. The third kappa shape index (κ3) is 3.06. The van der Waals surface area contributed by atoms with Crippen LogP contribution in [0.4, 0.5) is 0 Å². The van der Waals surface area contributed by atoms with E-state index in [2.05, 4.69) is 5.32 Å². The Morgan fingerprint density at radius 1 is 1.19 bits per heavy atom. The van der Waals surface area contributed by atoms with Crippen molar-refractivity contribution in [1.82, 2.24) is 5.32 Å². The molecule has 0 spiro atoms. The summed E-state index contributed by atoms with van der Waals surface area (Å²) in [5.74, 6) is 0.681. The van der Waals surface area contributed by atoms with Crippen LogP contribution in [0.1, 0.15) is 16.7 Å². The number of amides is 1. The standard InChI is InChI=1S/C17H17NO3/c19-11-13-5-3-4-12(8-13)10-18-17(20)16-9-14-6-1-2-7-15(14)21-16/h1-8,16,19H,9-11H2,(H,18,20). The molecule has 0 radical (unpaired) electrons. The fourth-order valence-electron chi connectivity index (χ4n) is 2.47. The number of para-hydroxylation sites is 1. The molecule has 21 heavy (non-hydrogen) atoms. The highest BCUT2D eigenvalue weighted by Gasteiger charge is 2.28. The lowest BCUT2D eigenvalue weighted by Gasteiger charge is -2.11. The van der Waals surface area contributed by atoms with Gasteiger partial charge in [0.15, 0.2) is 6.10 Å². The van der Waals surface area contributed by atoms with Crippen LogP contribution < -0.4 is 10.1 Å². The van der Waals surface area contributed by atoms with E-state index in [9.17, 15) is 4.79 Å². The molecule has 4 heteroatoms. The van der Waals surface area contributed by atoms with E-state index in [4.69, 9.17) is 9.84 Å². The summed E-state index contributed by atoms with van der Waals surface area (Å²) in [7, 11) is 0. The number of hydrogen-bond donors (Lipinski definition) is 2. The maximum atomic E-state index is 12.2. The molecule has 0 fully saturated rings. The van der Waals surface area contributed by atoms with E-state index in [1.165, 1.54) is 0 Å². The van der Waals surface area contributed by atoms with Crippen molar-refractivity contribution in [3.8, 4) is 5.75 Å². The van der Waals surface area contributed by atoms with Crippen LogP contribution in [0.5, 0.6) is 5.75 Å². The van der Waals surface area contributed by atoms with Gasteiger partial charge in [-0.15, -0.1) is 0 Å². The fourth-order valence-corrected chi connectivity index (χ4v) is 2.47. The van der Waals surface area contributed by atoms with Crippen LogP contribution in [0, 0.1) is 0 Å². The maximum Gasteiger partial charge on any atom is 0.261 e. The number of aliphatic hydroxyl groups excluding tert-OH is 1. The molecule has 1 aliphatic rings. The van der Waals surface area contributed by atoms with Crippen LogP contribution >= 0.6 is 0 Å². The normalized spacial score (nSPS) is 16.1. The second-order valence-corrected chi connectivity index (χ2v) is 5.11. The van der Waals surface area contributed by atoms with Gasteiger partial charge in [-0.3, -0.25) is 4.79 Å². The van der Waals surface area contributed by atoms with E-state index in [1.54, 1.807) is 0 Å². The fraction of sp³-hybridized carbons (Fsp3) is 0.235. The minimum atomic E-state index is -0.455. The molecular weight excluding hydrogens is 266 g/mol. The monoisotopic (exact) mass is 283 g/mol. The van der Waals surface area contributed by atoms with Gasteiger partial charge < -0.3 is 15.2 Å². The van der Waals surface area contributed by atoms with Crippen LogP contribution in [0.25, 0.3) is 0 Å². The molecule has 2 aromatic carbocycles. The van der Waals surface area contributed by atoms with Crippen LogP contribution in [0.2, 0.25) is 0 Å². The Morgan fingerprint density at radius 2 is 2.00 bits per heavy atom. The Morgan fingerprint density at radius 3 is 2.81 bits per heavy atom. The smallest absolute Gasteiger partial charge is 0.261 e. The Kier molecular flexibility index (Phi) is 3.88. The van der Waals surface area contributed by atoms with Crippen molar-refractivity contribution in [2.24, 2.45) is 0 Å². The van der Waals surface area contributed by atoms with Gasteiger partial charge in [0, 0.05) is 13.0 Å². The zero-order chi connectivity index (χ0) is 14.7. The molecule has 1 aliphatic heterocycles. The summed E-state index contributed by atoms with van der Waals surface area (Å²) in [6, 6.07) is 15.2. The van der Waals surface area contributed by atoms with Crippen LogP contribution in [-0.4, -0.2) is 17.1 Å². The number of carbonyl (C=O) groups excluding carboxylic acids is 1. The lowest BCUT2D eigenvalue weighted by atomic mass is 10.1. The summed E-state index contributed by atoms with van der Waals surface area (Å²) in [4.78, 5) is 12.2. The number of rotatable bonds is 4. The largest absolute Gasteiger partial charge is 0.480 e. The van der Waals surface area contributed by atoms with Crippen molar-refractivity contribution in [2.75, 3.05) is 0 Å². The summed E-state index contributed by atoms with van der Waals surface area (Å²) in [6.07, 6.45) is 0.155. The van der Waals surface area contributed by atoms with Gasteiger partial charge in [0.05, 0.1) is 6.61 Å². The summed E-state index contributed by atoms with van der Waals surface area (Å²) in [6.45, 7) is 0.436. The Labute approximate surface area is 123 Å². The molecule has 108 valence electrons. The number of ether oxygens (including phenoxy) is 1. The summed E-state index contributed by atoms with van der Waals surface area (Å²) < 4.78 is 5.65. The lowest BCUT2D eigenvalue weighted by Crippen LogP contribution is -2.37. The van der Waals surface area contributed by atoms with Crippen LogP contribution in [-0.2, 0) is 24.4 Å². The van der Waals surface area contributed by atoms with E-state index in [1.807, 2.05) is 48.5 Å². The van der Waals surface area contributed by atoms with E-state index < -0.39 is 6.10 Å². The predicted molar refractivity (Wildman–Crippen MR) is 78.8 cm³/mol. The molecule has 2 N–H and O–H groups in total. The van der Waals surface area contributed by atoms with E-state index in [-0.39, 0.29) is 12.5 Å². The first-order valence-electron chi connectivity index (χ1n) is 6.97. The molecular formula is C17H17NO3. The second kappa shape index (κ2) is 5.97. The number of fused-ring (bicyclic) bond motifs is 1. The van der Waals surface area contributed by atoms with E-state index >= 15 is 0 Å². The number of benzene rings is 2. The van der Waals surface area contributed by atoms with E-state index in [0.29, 0.717) is 13.0 Å². The minimum absolute atomic E-state index is 0.00281. The first kappa shape index (κ1) is 13.6. The van der Waals surface area contributed by atoms with E-state index in [0.717, 1.165) is 22.4 Å². The van der Waals surface area contributed by atoms with Gasteiger partial charge in [0.1, 0.15) is 5.75 Å². The van der Waals surface area contributed by atoms with Gasteiger partial charge in [-0.25, -0.2) is 0 Å². The van der Waals surface area contributed by atoms with Gasteiger partial charge in [0.25, 0.3) is 5.91 Å². The minimum Gasteiger partial charge on any atom is -0.480 e. The first-order chi connectivity index (χ1) is 10.3. The zero-order valence-corrected chi connectivity index (χ0v) is 11.6. The maximum absolute atomic E-state index is 12.2. The number of nitrogens with one attached hydrogen (secondary N) is 1. The molecule has 0 aromatic heterocycles. The second-order valence-electron chi connectivity index (χ2n) is 5.11. The van der Waals surface area contributed by atoms with Gasteiger partial charge in [-0.1, -0.05) is 42.5 Å². The molecule has 0 aliphatic carbocycles. The van der Waals surface area contributed by atoms with Crippen molar-refractivity contribution in [1.29, 1.82) is 0 Å². The third-order valence-electron chi connectivity index (χ3n) is 3.58. The SMILES string of the molecule is O=C(NCc1cccc(CO)c1)C1Cc2ccccc2O1. The van der Waals surface area contributed by atoms with Crippen molar-refractivity contribution in [3.63, 3.8) is 0 Å². The third-order valence-corrected chi connectivity index (χ3v) is 3.58.